The van der Waals surface area contributed by atoms with Crippen LogP contribution in [-0.2, 0) is 28.6 Å². The highest BCUT2D eigenvalue weighted by Crippen LogP contribution is 2.65. The number of hydrogen-bond donors (Lipinski definition) is 0. The Bertz CT molecular complexity index is 794. The van der Waals surface area contributed by atoms with E-state index in [1.165, 1.54) is 7.11 Å². The van der Waals surface area contributed by atoms with Gasteiger partial charge in [-0.3, -0.25) is 14.4 Å². The van der Waals surface area contributed by atoms with Crippen molar-refractivity contribution in [2.45, 2.75) is 111 Å². The average molecular weight is 477 g/mol. The summed E-state index contributed by atoms with van der Waals surface area (Å²) in [6, 6.07) is 0. The van der Waals surface area contributed by atoms with Gasteiger partial charge in [-0.05, 0) is 80.0 Å². The molecule has 1 saturated heterocycles. The molecule has 0 bridgehead atoms. The lowest BCUT2D eigenvalue weighted by atomic mass is 9.50. The quantitative estimate of drug-likeness (QED) is 0.374. The van der Waals surface area contributed by atoms with Crippen LogP contribution in [0.2, 0.25) is 0 Å². The van der Waals surface area contributed by atoms with Crippen molar-refractivity contribution in [3.63, 3.8) is 0 Å². The van der Waals surface area contributed by atoms with E-state index >= 15 is 0 Å². The van der Waals surface area contributed by atoms with Crippen LogP contribution in [0.15, 0.2) is 0 Å². The maximum absolute atomic E-state index is 13.1. The van der Waals surface area contributed by atoms with E-state index in [1.54, 1.807) is 0 Å². The first-order chi connectivity index (χ1) is 16.1. The Labute approximate surface area is 204 Å². The summed E-state index contributed by atoms with van der Waals surface area (Å²) in [4.78, 5) is 36.7. The van der Waals surface area contributed by atoms with E-state index in [2.05, 4.69) is 20.8 Å². The van der Waals surface area contributed by atoms with Gasteiger partial charge >= 0.3 is 17.9 Å². The van der Waals surface area contributed by atoms with Crippen LogP contribution >= 0.6 is 0 Å². The SMILES string of the molecule is CCC(=O)O[C@@H]1CC[C@@]2(C)[C@H](CC(=O)O[C@@H]3[C@@H]2CC[C@]2(C)[C@@H]([C@H](C)CCC(=O)OC)CC[C@@H]32)C1. The number of fused-ring (bicyclic) bond motifs is 5. The molecule has 0 aromatic heterocycles. The Balaban J connectivity index is 1.51. The smallest absolute Gasteiger partial charge is 0.306 e. The van der Waals surface area contributed by atoms with Gasteiger partial charge in [0.2, 0.25) is 0 Å². The number of rotatable bonds is 6. The molecule has 1 heterocycles. The second kappa shape index (κ2) is 9.81. The number of methoxy groups -OCH3 is 1. The second-order valence-corrected chi connectivity index (χ2v) is 12.1. The Morgan fingerprint density at radius 3 is 2.47 bits per heavy atom. The Hall–Kier alpha value is -1.59. The van der Waals surface area contributed by atoms with Crippen LogP contribution in [0.5, 0.6) is 0 Å². The molecule has 1 aliphatic heterocycles. The topological polar surface area (TPSA) is 78.9 Å². The lowest BCUT2D eigenvalue weighted by Gasteiger charge is -2.55. The summed E-state index contributed by atoms with van der Waals surface area (Å²) < 4.78 is 16.9. The molecule has 4 aliphatic rings. The van der Waals surface area contributed by atoms with Crippen LogP contribution < -0.4 is 0 Å². The fourth-order valence-corrected chi connectivity index (χ4v) is 8.53. The van der Waals surface area contributed by atoms with Crippen molar-refractivity contribution < 1.29 is 28.6 Å². The van der Waals surface area contributed by atoms with Crippen LogP contribution in [0, 0.1) is 40.4 Å². The lowest BCUT2D eigenvalue weighted by molar-refractivity contribution is -0.168. The van der Waals surface area contributed by atoms with E-state index in [-0.39, 0.29) is 46.9 Å². The summed E-state index contributed by atoms with van der Waals surface area (Å²) in [5.41, 5.74) is 0.183. The first kappa shape index (κ1) is 25.5. The number of carbonyl (C=O) groups excluding carboxylic acids is 3. The zero-order chi connectivity index (χ0) is 24.7. The van der Waals surface area contributed by atoms with Crippen molar-refractivity contribution in [2.75, 3.05) is 7.11 Å². The third-order valence-corrected chi connectivity index (χ3v) is 10.6. The van der Waals surface area contributed by atoms with Crippen LogP contribution in [0.4, 0.5) is 0 Å². The Kier molecular flexibility index (Phi) is 7.36. The van der Waals surface area contributed by atoms with E-state index in [0.29, 0.717) is 42.9 Å². The number of hydrogen-bond acceptors (Lipinski definition) is 6. The Morgan fingerprint density at radius 1 is 1.06 bits per heavy atom. The van der Waals surface area contributed by atoms with Gasteiger partial charge in [-0.25, -0.2) is 0 Å². The first-order valence-electron chi connectivity index (χ1n) is 13.6. The monoisotopic (exact) mass is 476 g/mol. The minimum Gasteiger partial charge on any atom is -0.469 e. The normalized spacial score (nSPS) is 42.3. The van der Waals surface area contributed by atoms with Crippen molar-refractivity contribution in [1.82, 2.24) is 0 Å². The summed E-state index contributed by atoms with van der Waals surface area (Å²) in [5, 5.41) is 0. The molecule has 4 fully saturated rings. The van der Waals surface area contributed by atoms with E-state index < -0.39 is 0 Å². The van der Waals surface area contributed by atoms with Crippen molar-refractivity contribution >= 4 is 17.9 Å². The molecule has 0 N–H and O–H groups in total. The van der Waals surface area contributed by atoms with Gasteiger partial charge in [0.25, 0.3) is 0 Å². The molecule has 4 rings (SSSR count). The van der Waals surface area contributed by atoms with Gasteiger partial charge in [-0.15, -0.1) is 0 Å². The molecular formula is C28H44O6. The molecule has 9 atom stereocenters. The molecule has 0 aromatic carbocycles. The maximum Gasteiger partial charge on any atom is 0.306 e. The van der Waals surface area contributed by atoms with E-state index in [4.69, 9.17) is 14.2 Å². The molecule has 0 unspecified atom stereocenters. The summed E-state index contributed by atoms with van der Waals surface area (Å²) in [6.45, 7) is 8.90. The molecule has 6 nitrogen and oxygen atoms in total. The molecule has 0 aromatic rings. The van der Waals surface area contributed by atoms with Gasteiger partial charge in [0.1, 0.15) is 12.2 Å². The highest BCUT2D eigenvalue weighted by Gasteiger charge is 2.62. The van der Waals surface area contributed by atoms with Crippen molar-refractivity contribution in [3.05, 3.63) is 0 Å². The molecular weight excluding hydrogens is 432 g/mol. The zero-order valence-electron chi connectivity index (χ0n) is 21.8. The van der Waals surface area contributed by atoms with Gasteiger partial charge in [0.05, 0.1) is 7.11 Å². The second-order valence-electron chi connectivity index (χ2n) is 12.1. The molecule has 0 spiro atoms. The van der Waals surface area contributed by atoms with Crippen LogP contribution in [0.3, 0.4) is 0 Å². The van der Waals surface area contributed by atoms with Crippen molar-refractivity contribution in [3.8, 4) is 0 Å². The van der Waals surface area contributed by atoms with Gasteiger partial charge in [-0.2, -0.15) is 0 Å². The average Bonchev–Trinajstić information content (AvgIpc) is 3.11. The molecule has 0 radical (unpaired) electrons. The van der Waals surface area contributed by atoms with Gasteiger partial charge in [0, 0.05) is 31.1 Å². The highest BCUT2D eigenvalue weighted by atomic mass is 16.5. The van der Waals surface area contributed by atoms with Crippen LogP contribution in [0.25, 0.3) is 0 Å². The standard InChI is InChI=1S/C28H44O6/c1-6-23(29)33-19-11-13-27(3)18(15-19)16-25(31)34-26-21-9-8-20(17(2)7-10-24(30)32-5)28(21,4)14-12-22(26)27/h17-22,26H,6-16H2,1-5H3/t17-,18+,19-,20-,21+,22+,26+,27+,28-/m1/s1. The van der Waals surface area contributed by atoms with E-state index in [1.807, 2.05) is 6.92 Å². The molecule has 3 aliphatic carbocycles. The minimum atomic E-state index is -0.144. The third-order valence-electron chi connectivity index (χ3n) is 10.6. The lowest BCUT2D eigenvalue weighted by Crippen LogP contribution is -2.53. The third kappa shape index (κ3) is 4.51. The van der Waals surface area contributed by atoms with E-state index in [9.17, 15) is 14.4 Å². The van der Waals surface area contributed by atoms with Gasteiger partial charge in [-0.1, -0.05) is 27.7 Å². The number of carbonyl (C=O) groups is 3. The predicted molar refractivity (Wildman–Crippen MR) is 128 cm³/mol. The fraction of sp³-hybridized carbons (Fsp3) is 0.893. The van der Waals surface area contributed by atoms with Gasteiger partial charge < -0.3 is 14.2 Å². The molecule has 0 amide bonds. The van der Waals surface area contributed by atoms with Gasteiger partial charge in [0.15, 0.2) is 0 Å². The number of ether oxygens (including phenoxy) is 3. The molecule has 192 valence electrons. The van der Waals surface area contributed by atoms with E-state index in [0.717, 1.165) is 51.4 Å². The predicted octanol–water partition coefficient (Wildman–Crippen LogP) is 5.46. The summed E-state index contributed by atoms with van der Waals surface area (Å²) in [7, 11) is 1.46. The maximum atomic E-state index is 13.1. The first-order valence-corrected chi connectivity index (χ1v) is 13.6. The zero-order valence-corrected chi connectivity index (χ0v) is 21.8. The number of esters is 3. The van der Waals surface area contributed by atoms with Crippen LogP contribution in [0.1, 0.15) is 98.3 Å². The molecule has 34 heavy (non-hydrogen) atoms. The van der Waals surface area contributed by atoms with Crippen molar-refractivity contribution in [2.24, 2.45) is 40.4 Å². The fourth-order valence-electron chi connectivity index (χ4n) is 8.53. The van der Waals surface area contributed by atoms with Crippen LogP contribution in [-0.4, -0.2) is 37.2 Å². The minimum absolute atomic E-state index is 0.0196. The molecule has 6 heteroatoms. The summed E-state index contributed by atoms with van der Waals surface area (Å²) in [6.07, 6.45) is 9.17. The summed E-state index contributed by atoms with van der Waals surface area (Å²) >= 11 is 0. The largest absolute Gasteiger partial charge is 0.469 e. The highest BCUT2D eigenvalue weighted by molar-refractivity contribution is 5.71. The summed E-state index contributed by atoms with van der Waals surface area (Å²) in [5.74, 6) is 1.59. The Morgan fingerprint density at radius 2 is 1.76 bits per heavy atom. The van der Waals surface area contributed by atoms with Crippen molar-refractivity contribution in [1.29, 1.82) is 0 Å². The molecule has 3 saturated carbocycles.